The van der Waals surface area contributed by atoms with E-state index in [9.17, 15) is 23.1 Å². The number of aliphatic hydroxyl groups is 1. The molecular formula is C21H26F3N3O2. The van der Waals surface area contributed by atoms with E-state index in [1.165, 1.54) is 0 Å². The van der Waals surface area contributed by atoms with Crippen molar-refractivity contribution in [3.05, 3.63) is 35.0 Å². The molecule has 1 unspecified atom stereocenters. The number of alkyl halides is 3. The monoisotopic (exact) mass is 409 g/mol. The van der Waals surface area contributed by atoms with Crippen molar-refractivity contribution in [1.29, 1.82) is 0 Å². The van der Waals surface area contributed by atoms with Crippen LogP contribution in [0.1, 0.15) is 42.5 Å². The lowest BCUT2D eigenvalue weighted by Crippen LogP contribution is -2.52. The number of carbonyl (C=O) groups is 1. The SMILES string of the molecule is CC[C@@H](CO)NC(=O)[C@@H]1CC2c3cccc4[nH]c(C(F)(F)F)c(c34)C[C@H]2N(C)C1. The van der Waals surface area contributed by atoms with Crippen LogP contribution in [-0.2, 0) is 17.4 Å². The van der Waals surface area contributed by atoms with Crippen molar-refractivity contribution in [1.82, 2.24) is 15.2 Å². The van der Waals surface area contributed by atoms with Crippen molar-refractivity contribution >= 4 is 16.8 Å². The predicted molar refractivity (Wildman–Crippen MR) is 104 cm³/mol. The van der Waals surface area contributed by atoms with Crippen molar-refractivity contribution in [3.8, 4) is 0 Å². The number of rotatable bonds is 4. The number of piperidine rings is 1. The fourth-order valence-electron chi connectivity index (χ4n) is 5.06. The van der Waals surface area contributed by atoms with E-state index in [2.05, 4.69) is 10.3 Å². The van der Waals surface area contributed by atoms with Crippen LogP contribution in [0.3, 0.4) is 0 Å². The number of carbonyl (C=O) groups excluding carboxylic acids is 1. The number of hydrogen-bond acceptors (Lipinski definition) is 3. The van der Waals surface area contributed by atoms with E-state index in [1.807, 2.05) is 24.9 Å². The van der Waals surface area contributed by atoms with Gasteiger partial charge in [0.1, 0.15) is 5.69 Å². The Morgan fingerprint density at radius 3 is 2.83 bits per heavy atom. The molecule has 8 heteroatoms. The van der Waals surface area contributed by atoms with Crippen molar-refractivity contribution in [2.24, 2.45) is 5.92 Å². The zero-order valence-electron chi connectivity index (χ0n) is 16.5. The summed E-state index contributed by atoms with van der Waals surface area (Å²) < 4.78 is 40.8. The molecule has 4 rings (SSSR count). The summed E-state index contributed by atoms with van der Waals surface area (Å²) in [6.45, 7) is 2.28. The van der Waals surface area contributed by atoms with Gasteiger partial charge in [0.2, 0.25) is 5.91 Å². The first-order valence-electron chi connectivity index (χ1n) is 10.1. The van der Waals surface area contributed by atoms with Gasteiger partial charge in [-0.3, -0.25) is 4.79 Å². The van der Waals surface area contributed by atoms with E-state index in [0.717, 1.165) is 5.56 Å². The lowest BCUT2D eigenvalue weighted by atomic mass is 9.72. The summed E-state index contributed by atoms with van der Waals surface area (Å²) in [4.78, 5) is 17.4. The Morgan fingerprint density at radius 1 is 1.41 bits per heavy atom. The zero-order chi connectivity index (χ0) is 20.9. The third-order valence-corrected chi connectivity index (χ3v) is 6.56. The first-order valence-corrected chi connectivity index (χ1v) is 10.1. The average molecular weight is 409 g/mol. The Labute approximate surface area is 167 Å². The number of fused-ring (bicyclic) bond motifs is 2. The Hall–Kier alpha value is -2.06. The molecule has 2 aromatic rings. The van der Waals surface area contributed by atoms with Crippen molar-refractivity contribution in [2.45, 2.75) is 50.4 Å². The molecule has 29 heavy (non-hydrogen) atoms. The van der Waals surface area contributed by atoms with Crippen LogP contribution in [0.15, 0.2) is 18.2 Å². The summed E-state index contributed by atoms with van der Waals surface area (Å²) in [7, 11) is 1.88. The maximum absolute atomic E-state index is 13.6. The predicted octanol–water partition coefficient (Wildman–Crippen LogP) is 3.03. The lowest BCUT2D eigenvalue weighted by molar-refractivity contribution is -0.141. The third kappa shape index (κ3) is 3.42. The molecule has 2 aliphatic rings. The van der Waals surface area contributed by atoms with E-state index >= 15 is 0 Å². The topological polar surface area (TPSA) is 68.4 Å². The standard InChI is InChI=1S/C21H26F3N3O2/c1-3-12(10-28)25-20(29)11-7-14-13-5-4-6-16-18(13)15(8-17(14)27(2)9-11)19(26-16)21(22,23)24/h4-6,11-12,14,17,26,28H,3,7-10H2,1-2H3,(H,25,29)/t11-,12+,14?,17-/m1/s1. The van der Waals surface area contributed by atoms with E-state index in [0.29, 0.717) is 42.3 Å². The maximum Gasteiger partial charge on any atom is 0.431 e. The minimum atomic E-state index is -4.42. The van der Waals surface area contributed by atoms with Crippen LogP contribution in [0.4, 0.5) is 13.2 Å². The molecule has 2 heterocycles. The largest absolute Gasteiger partial charge is 0.431 e. The maximum atomic E-state index is 13.6. The highest BCUT2D eigenvalue weighted by atomic mass is 19.4. The van der Waals surface area contributed by atoms with Crippen LogP contribution in [0.2, 0.25) is 0 Å². The number of nitrogens with one attached hydrogen (secondary N) is 2. The van der Waals surface area contributed by atoms with Crippen LogP contribution in [0, 0.1) is 5.92 Å². The smallest absolute Gasteiger partial charge is 0.394 e. The Kier molecular flexibility index (Phi) is 5.11. The summed E-state index contributed by atoms with van der Waals surface area (Å²) in [5.74, 6) is -0.370. The molecule has 4 atom stereocenters. The van der Waals surface area contributed by atoms with E-state index in [-0.39, 0.29) is 36.4 Å². The van der Waals surface area contributed by atoms with Crippen LogP contribution in [0.5, 0.6) is 0 Å². The van der Waals surface area contributed by atoms with Crippen LogP contribution >= 0.6 is 0 Å². The fraction of sp³-hybridized carbons (Fsp3) is 0.571. The number of aromatic nitrogens is 1. The van der Waals surface area contributed by atoms with Crippen molar-refractivity contribution in [2.75, 3.05) is 20.2 Å². The molecule has 3 N–H and O–H groups in total. The molecular weight excluding hydrogens is 383 g/mol. The molecule has 1 amide bonds. The van der Waals surface area contributed by atoms with Gasteiger partial charge >= 0.3 is 6.18 Å². The number of nitrogens with zero attached hydrogens (tertiary/aromatic N) is 1. The second-order valence-corrected chi connectivity index (χ2v) is 8.29. The minimum absolute atomic E-state index is 0.00760. The molecule has 158 valence electrons. The number of likely N-dealkylation sites (N-methyl/N-ethyl adjacent to an activating group) is 1. The first-order chi connectivity index (χ1) is 13.7. The molecule has 5 nitrogen and oxygen atoms in total. The number of H-pyrrole nitrogens is 1. The van der Waals surface area contributed by atoms with Gasteiger partial charge in [0.05, 0.1) is 18.6 Å². The molecule has 1 aromatic heterocycles. The summed E-state index contributed by atoms with van der Waals surface area (Å²) >= 11 is 0. The molecule has 1 aliphatic heterocycles. The number of benzene rings is 1. The fourth-order valence-corrected chi connectivity index (χ4v) is 5.06. The summed E-state index contributed by atoms with van der Waals surface area (Å²) in [6, 6.07) is 5.01. The summed E-state index contributed by atoms with van der Waals surface area (Å²) in [5.41, 5.74) is 1.08. The van der Waals surface area contributed by atoms with Crippen LogP contribution in [-0.4, -0.2) is 53.2 Å². The quantitative estimate of drug-likeness (QED) is 0.727. The van der Waals surface area contributed by atoms with Gasteiger partial charge in [0.15, 0.2) is 0 Å². The molecule has 1 aromatic carbocycles. The molecule has 0 bridgehead atoms. The second-order valence-electron chi connectivity index (χ2n) is 8.29. The van der Waals surface area contributed by atoms with Gasteiger partial charge in [-0.1, -0.05) is 19.1 Å². The highest BCUT2D eigenvalue weighted by Crippen LogP contribution is 2.47. The summed E-state index contributed by atoms with van der Waals surface area (Å²) in [5, 5.41) is 12.9. The first kappa shape index (κ1) is 20.2. The van der Waals surface area contributed by atoms with Gasteiger partial charge in [-0.05, 0) is 43.5 Å². The molecule has 1 saturated heterocycles. The van der Waals surface area contributed by atoms with E-state index < -0.39 is 11.9 Å². The molecule has 1 aliphatic carbocycles. The van der Waals surface area contributed by atoms with E-state index in [4.69, 9.17) is 0 Å². The number of amides is 1. The van der Waals surface area contributed by atoms with Crippen molar-refractivity contribution < 1.29 is 23.1 Å². The summed E-state index contributed by atoms with van der Waals surface area (Å²) in [6.07, 6.45) is -2.87. The van der Waals surface area contributed by atoms with Gasteiger partial charge in [-0.2, -0.15) is 13.2 Å². The van der Waals surface area contributed by atoms with Gasteiger partial charge in [0, 0.05) is 29.4 Å². The third-order valence-electron chi connectivity index (χ3n) is 6.56. The zero-order valence-corrected chi connectivity index (χ0v) is 16.5. The minimum Gasteiger partial charge on any atom is -0.394 e. The Morgan fingerprint density at radius 2 is 2.17 bits per heavy atom. The number of aromatic amines is 1. The van der Waals surface area contributed by atoms with Crippen molar-refractivity contribution in [3.63, 3.8) is 0 Å². The highest BCUT2D eigenvalue weighted by Gasteiger charge is 2.45. The highest BCUT2D eigenvalue weighted by molar-refractivity contribution is 5.90. The number of hydrogen-bond donors (Lipinski definition) is 3. The average Bonchev–Trinajstić information content (AvgIpc) is 3.07. The Bertz CT molecular complexity index is 920. The van der Waals surface area contributed by atoms with Crippen LogP contribution in [0.25, 0.3) is 10.9 Å². The normalized spacial score (nSPS) is 25.7. The second kappa shape index (κ2) is 7.32. The number of halogens is 3. The lowest BCUT2D eigenvalue weighted by Gasteiger charge is -2.45. The van der Waals surface area contributed by atoms with Gasteiger partial charge in [0.25, 0.3) is 0 Å². The number of likely N-dealkylation sites (tertiary alicyclic amines) is 1. The Balaban J connectivity index is 1.70. The van der Waals surface area contributed by atoms with Gasteiger partial charge < -0.3 is 20.3 Å². The van der Waals surface area contributed by atoms with Gasteiger partial charge in [-0.15, -0.1) is 0 Å². The van der Waals surface area contributed by atoms with Crippen LogP contribution < -0.4 is 5.32 Å². The number of aliphatic hydroxyl groups excluding tert-OH is 1. The van der Waals surface area contributed by atoms with Gasteiger partial charge in [-0.25, -0.2) is 0 Å². The molecule has 0 radical (unpaired) electrons. The molecule has 0 saturated carbocycles. The molecule has 0 spiro atoms. The molecule has 1 fully saturated rings. The van der Waals surface area contributed by atoms with E-state index in [1.54, 1.807) is 12.1 Å².